The summed E-state index contributed by atoms with van der Waals surface area (Å²) >= 11 is 0. The van der Waals surface area contributed by atoms with Crippen LogP contribution in [0.1, 0.15) is 54.9 Å². The van der Waals surface area contributed by atoms with Crippen LogP contribution < -0.4 is 15.4 Å². The Morgan fingerprint density at radius 3 is 2.10 bits per heavy atom. The van der Waals surface area contributed by atoms with E-state index in [1.807, 2.05) is 13.8 Å². The van der Waals surface area contributed by atoms with Gasteiger partial charge in [-0.05, 0) is 39.5 Å². The first kappa shape index (κ1) is 17.5. The maximum atomic E-state index is 5.41. The molecule has 0 spiro atoms. The van der Waals surface area contributed by atoms with Crippen molar-refractivity contribution in [3.8, 4) is 6.01 Å². The van der Waals surface area contributed by atoms with Gasteiger partial charge in [0.2, 0.25) is 11.9 Å². The van der Waals surface area contributed by atoms with Crippen LogP contribution in [0.5, 0.6) is 6.01 Å². The number of rotatable bonds is 7. The second kappa shape index (κ2) is 6.91. The normalized spacial score (nSPS) is 12.1. The highest BCUT2D eigenvalue weighted by molar-refractivity contribution is 5.37. The van der Waals surface area contributed by atoms with E-state index in [0.717, 1.165) is 13.0 Å². The minimum Gasteiger partial charge on any atom is -0.464 e. The van der Waals surface area contributed by atoms with Crippen molar-refractivity contribution < 1.29 is 4.74 Å². The van der Waals surface area contributed by atoms with E-state index in [-0.39, 0.29) is 11.0 Å². The Bertz CT molecular complexity index is 430. The first-order chi connectivity index (χ1) is 9.65. The van der Waals surface area contributed by atoms with Gasteiger partial charge in [0.05, 0.1) is 6.61 Å². The van der Waals surface area contributed by atoms with Crippen LogP contribution >= 0.6 is 0 Å². The largest absolute Gasteiger partial charge is 0.464 e. The second-order valence-electron chi connectivity index (χ2n) is 6.97. The molecular formula is C15H29N5O. The zero-order valence-corrected chi connectivity index (χ0v) is 14.4. The molecule has 0 aromatic carbocycles. The number of nitrogens with one attached hydrogen (secondary N) is 2. The highest BCUT2D eigenvalue weighted by Crippen LogP contribution is 2.29. The number of nitrogens with zero attached hydrogens (tertiary/aromatic N) is 3. The van der Waals surface area contributed by atoms with Crippen molar-refractivity contribution >= 4 is 11.9 Å². The Kier molecular flexibility index (Phi) is 5.75. The summed E-state index contributed by atoms with van der Waals surface area (Å²) in [7, 11) is 0. The summed E-state index contributed by atoms with van der Waals surface area (Å²) in [6, 6.07) is 0.345. The van der Waals surface area contributed by atoms with E-state index in [1.54, 1.807) is 0 Å². The molecule has 0 fully saturated rings. The molecule has 2 N–H and O–H groups in total. The topological polar surface area (TPSA) is 72.0 Å². The van der Waals surface area contributed by atoms with E-state index < -0.39 is 0 Å². The van der Waals surface area contributed by atoms with Gasteiger partial charge in [-0.1, -0.05) is 20.8 Å². The van der Waals surface area contributed by atoms with E-state index in [9.17, 15) is 0 Å². The van der Waals surface area contributed by atoms with Crippen LogP contribution in [-0.2, 0) is 0 Å². The van der Waals surface area contributed by atoms with Crippen LogP contribution in [0.25, 0.3) is 0 Å². The average Bonchev–Trinajstić information content (AvgIpc) is 2.24. The van der Waals surface area contributed by atoms with Gasteiger partial charge in [-0.25, -0.2) is 0 Å². The summed E-state index contributed by atoms with van der Waals surface area (Å²) in [6.45, 7) is 16.2. The third-order valence-corrected chi connectivity index (χ3v) is 2.65. The average molecular weight is 295 g/mol. The first-order valence-corrected chi connectivity index (χ1v) is 7.56. The smallest absolute Gasteiger partial charge is 0.323 e. The second-order valence-corrected chi connectivity index (χ2v) is 6.97. The highest BCUT2D eigenvalue weighted by Gasteiger charge is 2.26. The third kappa shape index (κ3) is 6.60. The maximum absolute atomic E-state index is 5.41. The molecule has 0 bridgehead atoms. The number of aromatic nitrogens is 3. The summed E-state index contributed by atoms with van der Waals surface area (Å²) in [5, 5.41) is 6.49. The van der Waals surface area contributed by atoms with Gasteiger partial charge in [0.1, 0.15) is 0 Å². The molecule has 0 aliphatic rings. The van der Waals surface area contributed by atoms with Crippen LogP contribution in [0.2, 0.25) is 0 Å². The Labute approximate surface area is 128 Å². The molecule has 1 aromatic heterocycles. The molecule has 1 rings (SSSR count). The lowest BCUT2D eigenvalue weighted by molar-refractivity contribution is 0.299. The minimum atomic E-state index is -0.118. The van der Waals surface area contributed by atoms with Crippen molar-refractivity contribution in [2.24, 2.45) is 5.41 Å². The van der Waals surface area contributed by atoms with E-state index in [1.165, 1.54) is 0 Å². The van der Waals surface area contributed by atoms with Crippen molar-refractivity contribution in [1.29, 1.82) is 0 Å². The predicted octanol–water partition coefficient (Wildman–Crippen LogP) is 3.33. The molecule has 0 aliphatic carbocycles. The molecule has 0 radical (unpaired) electrons. The standard InChI is InChI=1S/C15H29N5O/c1-8-16-11-17-12(19-13(18-11)21-9-2)20-15(6,7)10-14(3,4)5/h8-10H2,1-7H3,(H2,16,17,18,19,20). The predicted molar refractivity (Wildman–Crippen MR) is 86.9 cm³/mol. The van der Waals surface area contributed by atoms with Crippen molar-refractivity contribution in [1.82, 2.24) is 15.0 Å². The van der Waals surface area contributed by atoms with Crippen LogP contribution in [0.4, 0.5) is 11.9 Å². The lowest BCUT2D eigenvalue weighted by atomic mass is 9.82. The molecule has 0 unspecified atom stereocenters. The molecule has 0 atom stereocenters. The van der Waals surface area contributed by atoms with Crippen LogP contribution in [0.3, 0.4) is 0 Å². The SMILES string of the molecule is CCNc1nc(NC(C)(C)CC(C)(C)C)nc(OCC)n1. The highest BCUT2D eigenvalue weighted by atomic mass is 16.5. The Morgan fingerprint density at radius 1 is 0.952 bits per heavy atom. The van der Waals surface area contributed by atoms with Gasteiger partial charge in [-0.2, -0.15) is 15.0 Å². The number of hydrogen-bond acceptors (Lipinski definition) is 6. The van der Waals surface area contributed by atoms with Crippen molar-refractivity contribution in [3.63, 3.8) is 0 Å². The Balaban J connectivity index is 2.95. The zero-order chi connectivity index (χ0) is 16.1. The molecule has 0 saturated carbocycles. The molecule has 1 aromatic rings. The van der Waals surface area contributed by atoms with Gasteiger partial charge in [0.25, 0.3) is 0 Å². The van der Waals surface area contributed by atoms with Crippen LogP contribution in [0, 0.1) is 5.41 Å². The molecule has 6 heteroatoms. The molecule has 21 heavy (non-hydrogen) atoms. The van der Waals surface area contributed by atoms with Crippen LogP contribution in [-0.4, -0.2) is 33.6 Å². The van der Waals surface area contributed by atoms with Gasteiger partial charge in [-0.3, -0.25) is 0 Å². The molecule has 120 valence electrons. The lowest BCUT2D eigenvalue weighted by Gasteiger charge is -2.33. The summed E-state index contributed by atoms with van der Waals surface area (Å²) < 4.78 is 5.41. The van der Waals surface area contributed by atoms with Crippen molar-refractivity contribution in [3.05, 3.63) is 0 Å². The monoisotopic (exact) mass is 295 g/mol. The van der Waals surface area contributed by atoms with Crippen molar-refractivity contribution in [2.45, 2.75) is 60.4 Å². The fraction of sp³-hybridized carbons (Fsp3) is 0.800. The molecular weight excluding hydrogens is 266 g/mol. The third-order valence-electron chi connectivity index (χ3n) is 2.65. The Hall–Kier alpha value is -1.59. The van der Waals surface area contributed by atoms with Gasteiger partial charge < -0.3 is 15.4 Å². The zero-order valence-electron chi connectivity index (χ0n) is 14.4. The molecule has 0 saturated heterocycles. The first-order valence-electron chi connectivity index (χ1n) is 7.56. The summed E-state index contributed by atoms with van der Waals surface area (Å²) in [5.74, 6) is 1.07. The quantitative estimate of drug-likeness (QED) is 0.804. The van der Waals surface area contributed by atoms with Gasteiger partial charge in [-0.15, -0.1) is 0 Å². The number of hydrogen-bond donors (Lipinski definition) is 2. The van der Waals surface area contributed by atoms with Gasteiger partial charge in [0.15, 0.2) is 0 Å². The van der Waals surface area contributed by atoms with Crippen LogP contribution in [0.15, 0.2) is 0 Å². The number of ether oxygens (including phenoxy) is 1. The summed E-state index contributed by atoms with van der Waals surface area (Å²) in [4.78, 5) is 12.9. The molecule has 1 heterocycles. The minimum absolute atomic E-state index is 0.118. The number of anilines is 2. The maximum Gasteiger partial charge on any atom is 0.323 e. The Morgan fingerprint density at radius 2 is 1.57 bits per heavy atom. The molecule has 0 amide bonds. The molecule has 0 aliphatic heterocycles. The van der Waals surface area contributed by atoms with Gasteiger partial charge >= 0.3 is 6.01 Å². The van der Waals surface area contributed by atoms with E-state index in [0.29, 0.717) is 24.5 Å². The van der Waals surface area contributed by atoms with Crippen molar-refractivity contribution in [2.75, 3.05) is 23.8 Å². The fourth-order valence-corrected chi connectivity index (χ4v) is 2.52. The summed E-state index contributed by atoms with van der Waals surface area (Å²) in [5.41, 5.74) is 0.101. The fourth-order valence-electron chi connectivity index (χ4n) is 2.52. The van der Waals surface area contributed by atoms with E-state index in [4.69, 9.17) is 4.74 Å². The lowest BCUT2D eigenvalue weighted by Crippen LogP contribution is -2.36. The van der Waals surface area contributed by atoms with E-state index >= 15 is 0 Å². The van der Waals surface area contributed by atoms with E-state index in [2.05, 4.69) is 60.2 Å². The van der Waals surface area contributed by atoms with Gasteiger partial charge in [0, 0.05) is 12.1 Å². The summed E-state index contributed by atoms with van der Waals surface area (Å²) in [6.07, 6.45) is 0.992. The molecule has 6 nitrogen and oxygen atoms in total.